The Kier molecular flexibility index (Phi) is 5.90. The molecule has 0 aliphatic rings. The number of carbonyl (C=O) groups is 1. The van der Waals surface area contributed by atoms with E-state index < -0.39 is 0 Å². The predicted octanol–water partition coefficient (Wildman–Crippen LogP) is 2.73. The first-order valence-corrected chi connectivity index (χ1v) is 8.17. The molecule has 1 amide bonds. The Balaban J connectivity index is 1.72. The first-order valence-electron chi connectivity index (χ1n) is 8.17. The van der Waals surface area contributed by atoms with Crippen LogP contribution in [-0.4, -0.2) is 26.7 Å². The molecule has 5 nitrogen and oxygen atoms in total. The Hall–Kier alpha value is -2.17. The smallest absolute Gasteiger partial charge is 0.220 e. The van der Waals surface area contributed by atoms with E-state index in [1.165, 1.54) is 0 Å². The summed E-state index contributed by atoms with van der Waals surface area (Å²) in [5, 5.41) is 7.45. The lowest BCUT2D eigenvalue weighted by atomic mass is 10.1. The lowest BCUT2D eigenvalue weighted by Gasteiger charge is -2.14. The maximum absolute atomic E-state index is 12.0. The van der Waals surface area contributed by atoms with Crippen molar-refractivity contribution < 1.29 is 4.79 Å². The number of carbonyl (C=O) groups excluding carboxylic acids is 1. The number of hydrogen-bond acceptors (Lipinski definition) is 3. The highest BCUT2D eigenvalue weighted by Gasteiger charge is 2.09. The molecule has 0 radical (unpaired) electrons. The number of amides is 1. The largest absolute Gasteiger partial charge is 0.353 e. The third kappa shape index (κ3) is 5.51. The molecule has 0 saturated carbocycles. The molecule has 0 aliphatic carbocycles. The number of pyridine rings is 1. The molecule has 0 fully saturated rings. The van der Waals surface area contributed by atoms with Crippen molar-refractivity contribution in [3.05, 3.63) is 47.0 Å². The van der Waals surface area contributed by atoms with Crippen LogP contribution in [0.4, 0.5) is 0 Å². The van der Waals surface area contributed by atoms with Gasteiger partial charge in [-0.15, -0.1) is 0 Å². The molecular weight excluding hydrogens is 288 g/mol. The second-order valence-electron chi connectivity index (χ2n) is 6.20. The highest BCUT2D eigenvalue weighted by Crippen LogP contribution is 2.05. The Morgan fingerprint density at radius 3 is 2.70 bits per heavy atom. The summed E-state index contributed by atoms with van der Waals surface area (Å²) in [6.45, 7) is 8.80. The molecule has 2 heterocycles. The van der Waals surface area contributed by atoms with Gasteiger partial charge in [-0.2, -0.15) is 5.10 Å². The van der Waals surface area contributed by atoms with Gasteiger partial charge in [0.05, 0.1) is 5.69 Å². The van der Waals surface area contributed by atoms with E-state index in [0.717, 1.165) is 42.2 Å². The molecular formula is C18H26N4O. The molecule has 0 unspecified atom stereocenters. The summed E-state index contributed by atoms with van der Waals surface area (Å²) >= 11 is 0. The first kappa shape index (κ1) is 17.2. The minimum Gasteiger partial charge on any atom is -0.353 e. The van der Waals surface area contributed by atoms with Crippen LogP contribution in [0.1, 0.15) is 42.5 Å². The summed E-state index contributed by atoms with van der Waals surface area (Å²) in [5.74, 6) is 0.0895. The van der Waals surface area contributed by atoms with Crippen LogP contribution >= 0.6 is 0 Å². The van der Waals surface area contributed by atoms with Crippen LogP contribution in [0.25, 0.3) is 0 Å². The van der Waals surface area contributed by atoms with Crippen LogP contribution in [0, 0.1) is 20.8 Å². The van der Waals surface area contributed by atoms with E-state index in [4.69, 9.17) is 0 Å². The third-order valence-electron chi connectivity index (χ3n) is 3.75. The van der Waals surface area contributed by atoms with E-state index >= 15 is 0 Å². The van der Waals surface area contributed by atoms with Crippen LogP contribution < -0.4 is 5.32 Å². The molecule has 2 rings (SSSR count). The lowest BCUT2D eigenvalue weighted by Crippen LogP contribution is -2.34. The number of nitrogens with one attached hydrogen (secondary N) is 1. The Morgan fingerprint density at radius 2 is 2.04 bits per heavy atom. The summed E-state index contributed by atoms with van der Waals surface area (Å²) in [4.78, 5) is 16.5. The van der Waals surface area contributed by atoms with Crippen LogP contribution in [0.5, 0.6) is 0 Å². The molecule has 2 aromatic heterocycles. The van der Waals surface area contributed by atoms with Gasteiger partial charge < -0.3 is 5.32 Å². The molecule has 0 bridgehead atoms. The molecule has 1 N–H and O–H groups in total. The Bertz CT molecular complexity index is 663. The van der Waals surface area contributed by atoms with E-state index in [1.807, 2.05) is 50.6 Å². The van der Waals surface area contributed by atoms with Crippen molar-refractivity contribution in [2.75, 3.05) is 0 Å². The summed E-state index contributed by atoms with van der Waals surface area (Å²) in [7, 11) is 0. The van der Waals surface area contributed by atoms with Crippen molar-refractivity contribution in [2.24, 2.45) is 0 Å². The molecule has 5 heteroatoms. The minimum atomic E-state index is 0.0884. The minimum absolute atomic E-state index is 0.0884. The number of aromatic nitrogens is 3. The van der Waals surface area contributed by atoms with E-state index in [1.54, 1.807) is 0 Å². The average molecular weight is 314 g/mol. The van der Waals surface area contributed by atoms with Gasteiger partial charge in [-0.05, 0) is 52.3 Å². The van der Waals surface area contributed by atoms with Crippen molar-refractivity contribution in [3.8, 4) is 0 Å². The Labute approximate surface area is 138 Å². The van der Waals surface area contributed by atoms with Crippen LogP contribution in [0.15, 0.2) is 24.3 Å². The maximum atomic E-state index is 12.0. The van der Waals surface area contributed by atoms with Gasteiger partial charge in [-0.1, -0.05) is 6.07 Å². The monoisotopic (exact) mass is 314 g/mol. The molecule has 0 aromatic carbocycles. The number of hydrogen-bond donors (Lipinski definition) is 1. The van der Waals surface area contributed by atoms with Crippen molar-refractivity contribution in [1.82, 2.24) is 20.1 Å². The number of aryl methyl sites for hydroxylation is 4. The van der Waals surface area contributed by atoms with E-state index in [2.05, 4.69) is 21.5 Å². The van der Waals surface area contributed by atoms with Gasteiger partial charge in [0, 0.05) is 42.5 Å². The SMILES string of the molecule is Cc1cccc(C[C@H](C)NC(=O)CCCn2nc(C)cc2C)n1. The van der Waals surface area contributed by atoms with Crippen LogP contribution in [-0.2, 0) is 17.8 Å². The van der Waals surface area contributed by atoms with Gasteiger partial charge in [0.2, 0.25) is 5.91 Å². The molecule has 124 valence electrons. The average Bonchev–Trinajstić information content (AvgIpc) is 2.76. The zero-order chi connectivity index (χ0) is 16.8. The molecule has 0 spiro atoms. The topological polar surface area (TPSA) is 59.8 Å². The fourth-order valence-corrected chi connectivity index (χ4v) is 2.72. The van der Waals surface area contributed by atoms with Crippen molar-refractivity contribution in [1.29, 1.82) is 0 Å². The quantitative estimate of drug-likeness (QED) is 0.855. The lowest BCUT2D eigenvalue weighted by molar-refractivity contribution is -0.121. The normalized spacial score (nSPS) is 12.2. The molecule has 1 atom stereocenters. The second kappa shape index (κ2) is 7.90. The summed E-state index contributed by atoms with van der Waals surface area (Å²) < 4.78 is 1.96. The second-order valence-corrected chi connectivity index (χ2v) is 6.20. The summed E-state index contributed by atoms with van der Waals surface area (Å²) in [6.07, 6.45) is 2.07. The van der Waals surface area contributed by atoms with E-state index in [9.17, 15) is 4.79 Å². The van der Waals surface area contributed by atoms with Gasteiger partial charge in [-0.25, -0.2) is 0 Å². The first-order chi connectivity index (χ1) is 10.9. The zero-order valence-electron chi connectivity index (χ0n) is 14.5. The highest BCUT2D eigenvalue weighted by atomic mass is 16.1. The van der Waals surface area contributed by atoms with Crippen LogP contribution in [0.3, 0.4) is 0 Å². The number of rotatable bonds is 7. The standard InChI is InChI=1S/C18H26N4O/c1-13-7-5-8-17(19-13)12-14(2)20-18(23)9-6-10-22-16(4)11-15(3)21-22/h5,7-8,11,14H,6,9-10,12H2,1-4H3,(H,20,23)/t14-/m0/s1. The fraction of sp³-hybridized carbons (Fsp3) is 0.500. The number of nitrogens with zero attached hydrogens (tertiary/aromatic N) is 3. The van der Waals surface area contributed by atoms with Crippen LogP contribution in [0.2, 0.25) is 0 Å². The highest BCUT2D eigenvalue weighted by molar-refractivity contribution is 5.76. The van der Waals surface area contributed by atoms with Gasteiger partial charge in [0.1, 0.15) is 0 Å². The summed E-state index contributed by atoms with van der Waals surface area (Å²) in [5.41, 5.74) is 4.18. The Morgan fingerprint density at radius 1 is 1.26 bits per heavy atom. The predicted molar refractivity (Wildman–Crippen MR) is 91.2 cm³/mol. The van der Waals surface area contributed by atoms with Gasteiger partial charge in [0.25, 0.3) is 0 Å². The molecule has 0 aliphatic heterocycles. The molecule has 0 saturated heterocycles. The molecule has 2 aromatic rings. The zero-order valence-corrected chi connectivity index (χ0v) is 14.5. The van der Waals surface area contributed by atoms with E-state index in [0.29, 0.717) is 6.42 Å². The van der Waals surface area contributed by atoms with Gasteiger partial charge in [-0.3, -0.25) is 14.5 Å². The van der Waals surface area contributed by atoms with E-state index in [-0.39, 0.29) is 11.9 Å². The van der Waals surface area contributed by atoms with Crippen molar-refractivity contribution in [2.45, 2.75) is 59.5 Å². The third-order valence-corrected chi connectivity index (χ3v) is 3.75. The molecule has 23 heavy (non-hydrogen) atoms. The van der Waals surface area contributed by atoms with Crippen molar-refractivity contribution >= 4 is 5.91 Å². The van der Waals surface area contributed by atoms with Gasteiger partial charge >= 0.3 is 0 Å². The fourth-order valence-electron chi connectivity index (χ4n) is 2.72. The summed E-state index contributed by atoms with van der Waals surface area (Å²) in [6, 6.07) is 8.12. The maximum Gasteiger partial charge on any atom is 0.220 e. The van der Waals surface area contributed by atoms with Crippen molar-refractivity contribution in [3.63, 3.8) is 0 Å². The van der Waals surface area contributed by atoms with Gasteiger partial charge in [0.15, 0.2) is 0 Å².